The van der Waals surface area contributed by atoms with E-state index in [1.54, 1.807) is 0 Å². The van der Waals surface area contributed by atoms with Crippen LogP contribution in [-0.4, -0.2) is 59.8 Å². The van der Waals surface area contributed by atoms with E-state index in [2.05, 4.69) is 295 Å². The summed E-state index contributed by atoms with van der Waals surface area (Å²) in [6.45, 7) is 0. The summed E-state index contributed by atoms with van der Waals surface area (Å²) < 4.78 is 20.1. The highest BCUT2D eigenvalue weighted by Crippen LogP contribution is 2.49. The van der Waals surface area contributed by atoms with E-state index in [4.69, 9.17) is 63.1 Å². The van der Waals surface area contributed by atoms with Gasteiger partial charge in [-0.1, -0.05) is 352 Å². The molecule has 0 spiro atoms. The van der Waals surface area contributed by atoms with Crippen molar-refractivity contribution in [1.82, 2.24) is 59.8 Å². The van der Waals surface area contributed by atoms with Gasteiger partial charge in [-0.15, -0.1) is 0 Å². The third-order valence-corrected chi connectivity index (χ3v) is 28.0. The van der Waals surface area contributed by atoms with Crippen LogP contribution in [0.1, 0.15) is 0 Å². The van der Waals surface area contributed by atoms with Crippen molar-refractivity contribution in [2.45, 2.75) is 0 Å². The van der Waals surface area contributed by atoms with Gasteiger partial charge in [0, 0.05) is 140 Å². The first-order chi connectivity index (χ1) is 72.8. The fraction of sp³-hybridized carbons (Fsp3) is 0. The Hall–Kier alpha value is -20.2. The minimum absolute atomic E-state index is 0.571. The fourth-order valence-electron chi connectivity index (χ4n) is 21.1. The summed E-state index contributed by atoms with van der Waals surface area (Å²) >= 11 is 0. The smallest absolute Gasteiger partial charge is 0.227 e. The molecule has 684 valence electrons. The number of nitrogens with zero attached hydrogens (tertiary/aromatic N) is 12. The standard InChI is InChI=1S/3C44H26N4O/c1-3-13-27(14-4-1)32-23-24-35(39-37-26-30-18-8-12-22-38(30)45-44(37)49-40(32)39)42-46-41(28-15-5-2-6-16-28)47-43(48-42)36-25-29-17-7-9-19-31(29)33-20-10-11-21-34(33)36;1-3-12-27(13-4-1)32-21-22-35(40-37-25-30-17-11-23-45-38(30)26-39(37)49-41(32)40)43-46-42(28-14-5-2-6-15-28)47-44(48-43)36-24-29-16-7-8-18-31(29)33-19-9-10-20-34(33)36;1-3-11-27(12-4-1)33-19-20-36(40-38-23-29-21-22-45-26-31(29)25-39(38)49-41(33)40)43-46-42(28-13-5-2-6-14-28)47-44(48-43)37-24-30-15-7-8-16-32(30)34-17-9-10-18-35(34)37/h3*1-26H. The topological polar surface area (TPSA) is 194 Å². The van der Waals surface area contributed by atoms with E-state index in [9.17, 15) is 0 Å². The Kier molecular flexibility index (Phi) is 20.5. The number of hydrogen-bond acceptors (Lipinski definition) is 15. The molecule has 0 bridgehead atoms. The van der Waals surface area contributed by atoms with Gasteiger partial charge < -0.3 is 13.3 Å². The molecule has 0 fully saturated rings. The van der Waals surface area contributed by atoms with Crippen LogP contribution in [0.5, 0.6) is 0 Å². The third kappa shape index (κ3) is 15.1. The van der Waals surface area contributed by atoms with E-state index in [-0.39, 0.29) is 0 Å². The molecule has 0 aliphatic rings. The van der Waals surface area contributed by atoms with Crippen LogP contribution in [0.15, 0.2) is 487 Å². The molecule has 0 aliphatic carbocycles. The number of benzene rings is 21. The summed E-state index contributed by atoms with van der Waals surface area (Å²) in [6.07, 6.45) is 5.51. The first kappa shape index (κ1) is 84.9. The summed E-state index contributed by atoms with van der Waals surface area (Å²) in [5, 5.41) is 23.7. The fourth-order valence-corrected chi connectivity index (χ4v) is 21.1. The number of fused-ring (bicyclic) bond motifs is 21. The highest BCUT2D eigenvalue weighted by molar-refractivity contribution is 6.23. The van der Waals surface area contributed by atoms with Crippen LogP contribution in [-0.2, 0) is 0 Å². The first-order valence-corrected chi connectivity index (χ1v) is 48.9. The van der Waals surface area contributed by atoms with Gasteiger partial charge in [-0.2, -0.15) is 0 Å². The second-order valence-electron chi connectivity index (χ2n) is 36.7. The molecule has 15 nitrogen and oxygen atoms in total. The molecule has 0 amide bonds. The summed E-state index contributed by atoms with van der Waals surface area (Å²) in [4.78, 5) is 60.7. The molecule has 9 aromatic heterocycles. The summed E-state index contributed by atoms with van der Waals surface area (Å²) in [5.41, 5.74) is 20.7. The monoisotopic (exact) mass is 1880 g/mol. The lowest BCUT2D eigenvalue weighted by Crippen LogP contribution is -2.01. The van der Waals surface area contributed by atoms with Gasteiger partial charge >= 0.3 is 0 Å². The summed E-state index contributed by atoms with van der Waals surface area (Å²) in [6, 6.07) is 156. The van der Waals surface area contributed by atoms with Crippen molar-refractivity contribution in [3.63, 3.8) is 0 Å². The molecule has 0 unspecified atom stereocenters. The van der Waals surface area contributed by atoms with Crippen molar-refractivity contribution in [2.24, 2.45) is 0 Å². The lowest BCUT2D eigenvalue weighted by molar-refractivity contribution is 0.657. The zero-order valence-electron chi connectivity index (χ0n) is 78.6. The number of rotatable bonds is 12. The molecule has 0 atom stereocenters. The van der Waals surface area contributed by atoms with Crippen molar-refractivity contribution in [2.75, 3.05) is 0 Å². The highest BCUT2D eigenvalue weighted by Gasteiger charge is 2.29. The molecule has 0 saturated heterocycles. The average molecular weight is 1880 g/mol. The maximum absolute atomic E-state index is 6.74. The van der Waals surface area contributed by atoms with Crippen LogP contribution in [0, 0.1) is 0 Å². The number of hydrogen-bond donors (Lipinski definition) is 0. The molecule has 0 aliphatic heterocycles. The highest BCUT2D eigenvalue weighted by atomic mass is 16.3. The Morgan fingerprint density at radius 3 is 0.871 bits per heavy atom. The summed E-state index contributed by atoms with van der Waals surface area (Å²) in [5.74, 6) is 5.42. The molecular weight excluding hydrogens is 1800 g/mol. The van der Waals surface area contributed by atoms with E-state index in [0.717, 1.165) is 225 Å². The van der Waals surface area contributed by atoms with Crippen LogP contribution in [0.3, 0.4) is 0 Å². The lowest BCUT2D eigenvalue weighted by Gasteiger charge is -2.13. The zero-order chi connectivity index (χ0) is 96.9. The molecule has 0 N–H and O–H groups in total. The van der Waals surface area contributed by atoms with E-state index < -0.39 is 0 Å². The molecule has 30 rings (SSSR count). The van der Waals surface area contributed by atoms with Crippen LogP contribution < -0.4 is 0 Å². The second kappa shape index (κ2) is 35.6. The number of para-hydroxylation sites is 1. The largest absolute Gasteiger partial charge is 0.455 e. The minimum atomic E-state index is 0.571. The van der Waals surface area contributed by atoms with E-state index in [1.807, 2.05) is 188 Å². The lowest BCUT2D eigenvalue weighted by atomic mass is 9.96. The van der Waals surface area contributed by atoms with Gasteiger partial charge in [0.2, 0.25) is 5.71 Å². The molecule has 0 radical (unpaired) electrons. The van der Waals surface area contributed by atoms with E-state index >= 15 is 0 Å². The first-order valence-electron chi connectivity index (χ1n) is 48.9. The van der Waals surface area contributed by atoms with Crippen LogP contribution in [0.2, 0.25) is 0 Å². The maximum Gasteiger partial charge on any atom is 0.227 e. The zero-order valence-corrected chi connectivity index (χ0v) is 78.6. The Morgan fingerprint density at radius 1 is 0.156 bits per heavy atom. The van der Waals surface area contributed by atoms with Crippen LogP contribution in [0.25, 0.3) is 299 Å². The second-order valence-corrected chi connectivity index (χ2v) is 36.7. The van der Waals surface area contributed by atoms with E-state index in [0.29, 0.717) is 58.1 Å². The van der Waals surface area contributed by atoms with Gasteiger partial charge in [0.15, 0.2) is 52.4 Å². The van der Waals surface area contributed by atoms with Crippen molar-refractivity contribution in [1.29, 1.82) is 0 Å². The van der Waals surface area contributed by atoms with Crippen molar-refractivity contribution < 1.29 is 13.3 Å². The minimum Gasteiger partial charge on any atom is -0.455 e. The molecule has 15 heteroatoms. The number of furan rings is 3. The third-order valence-electron chi connectivity index (χ3n) is 28.0. The normalized spacial score (nSPS) is 11.7. The average Bonchev–Trinajstić information content (AvgIpc) is 1.56. The molecule has 0 saturated carbocycles. The molecule has 147 heavy (non-hydrogen) atoms. The van der Waals surface area contributed by atoms with Crippen molar-refractivity contribution in [3.05, 3.63) is 474 Å². The maximum atomic E-state index is 6.74. The SMILES string of the molecule is c1ccc(-c2nc(-c3cc4ccccc4c4ccccc34)nc(-c3ccc(-c4ccccc4)c4oc5cc6cnccc6cc5c34)n2)cc1.c1ccc(-c2nc(-c3cc4ccccc4c4ccccc34)nc(-c3ccc(-c4ccccc4)c4oc5cc6ncccc6cc5c34)n2)cc1.c1ccc(-c2nc(-c3cc4ccccc4c4ccccc34)nc(-c3ccc(-c4ccccc4)c4oc5nc6ccccc6cc5c34)n2)cc1. The molecule has 21 aromatic carbocycles. The van der Waals surface area contributed by atoms with E-state index in [1.165, 1.54) is 16.2 Å². The Bertz CT molecular complexity index is 9590. The summed E-state index contributed by atoms with van der Waals surface area (Å²) in [7, 11) is 0. The van der Waals surface area contributed by atoms with Gasteiger partial charge in [0.1, 0.15) is 27.9 Å². The number of pyridine rings is 3. The van der Waals surface area contributed by atoms with Crippen LogP contribution in [0.4, 0.5) is 0 Å². The Balaban J connectivity index is 0.000000107. The van der Waals surface area contributed by atoms with Crippen LogP contribution >= 0.6 is 0 Å². The van der Waals surface area contributed by atoms with Gasteiger partial charge in [0.25, 0.3) is 0 Å². The van der Waals surface area contributed by atoms with Crippen molar-refractivity contribution in [3.8, 4) is 136 Å². The van der Waals surface area contributed by atoms with Crippen molar-refractivity contribution >= 4 is 163 Å². The quantitative estimate of drug-likeness (QED) is 0.105. The Labute approximate surface area is 839 Å². The molecule has 9 heterocycles. The molecular formula is C132H78N12O3. The number of aromatic nitrogens is 12. The predicted molar refractivity (Wildman–Crippen MR) is 597 cm³/mol. The molecule has 30 aromatic rings. The van der Waals surface area contributed by atoms with Gasteiger partial charge in [0.05, 0.1) is 11.0 Å². The predicted octanol–water partition coefficient (Wildman–Crippen LogP) is 33.9. The van der Waals surface area contributed by atoms with Gasteiger partial charge in [-0.05, 0) is 184 Å². The van der Waals surface area contributed by atoms with Gasteiger partial charge in [-0.3, -0.25) is 9.97 Å². The van der Waals surface area contributed by atoms with Gasteiger partial charge in [-0.25, -0.2) is 49.8 Å². The Morgan fingerprint density at radius 2 is 0.456 bits per heavy atom.